The monoisotopic (exact) mass is 446 g/mol. The van der Waals surface area contributed by atoms with Gasteiger partial charge in [-0.1, -0.05) is 53.7 Å². The molecule has 3 aromatic rings. The van der Waals surface area contributed by atoms with E-state index in [2.05, 4.69) is 27.6 Å². The number of benzene rings is 2. The number of hydrogen-bond donors (Lipinski definition) is 1. The highest BCUT2D eigenvalue weighted by atomic mass is 35.5. The standard InChI is InChI=1S/C21H23ClN4O3S/c1-26-19(10-9-14-7-5-4-6-8-14)24-25-21(26)30-13-20(27)23-16-12-17(28-2)15(22)11-18(16)29-3/h4-8,11-12H,9-10,13H2,1-3H3,(H,23,27). The second-order valence-corrected chi connectivity index (χ2v) is 7.82. The van der Waals surface area contributed by atoms with Crippen molar-refractivity contribution in [3.8, 4) is 11.5 Å². The Labute approximate surface area is 184 Å². The lowest BCUT2D eigenvalue weighted by Gasteiger charge is -2.13. The minimum atomic E-state index is -0.198. The molecule has 0 atom stereocenters. The molecule has 0 bridgehead atoms. The van der Waals surface area contributed by atoms with Gasteiger partial charge in [0, 0.05) is 25.6 Å². The van der Waals surface area contributed by atoms with Gasteiger partial charge in [0.25, 0.3) is 0 Å². The second-order valence-electron chi connectivity index (χ2n) is 6.47. The van der Waals surface area contributed by atoms with Gasteiger partial charge in [-0.05, 0) is 12.0 Å². The van der Waals surface area contributed by atoms with E-state index >= 15 is 0 Å². The topological polar surface area (TPSA) is 78.3 Å². The van der Waals surface area contributed by atoms with Gasteiger partial charge in [0.05, 0.1) is 30.7 Å². The number of aryl methyl sites for hydroxylation is 2. The van der Waals surface area contributed by atoms with Crippen molar-refractivity contribution in [2.75, 3.05) is 25.3 Å². The van der Waals surface area contributed by atoms with Gasteiger partial charge in [0.2, 0.25) is 5.91 Å². The normalized spacial score (nSPS) is 10.7. The number of ether oxygens (including phenoxy) is 2. The van der Waals surface area contributed by atoms with Gasteiger partial charge in [0.15, 0.2) is 5.16 Å². The lowest BCUT2D eigenvalue weighted by Crippen LogP contribution is -2.15. The third kappa shape index (κ3) is 5.46. The zero-order valence-electron chi connectivity index (χ0n) is 17.0. The molecule has 0 saturated heterocycles. The van der Waals surface area contributed by atoms with Gasteiger partial charge in [-0.2, -0.15) is 0 Å². The Hall–Kier alpha value is -2.71. The van der Waals surface area contributed by atoms with Crippen molar-refractivity contribution in [1.82, 2.24) is 14.8 Å². The molecule has 1 aromatic heterocycles. The molecule has 0 saturated carbocycles. The lowest BCUT2D eigenvalue weighted by atomic mass is 10.1. The zero-order valence-corrected chi connectivity index (χ0v) is 18.6. The first-order valence-electron chi connectivity index (χ1n) is 9.28. The first-order valence-corrected chi connectivity index (χ1v) is 10.6. The molecule has 0 fully saturated rings. The third-order valence-electron chi connectivity index (χ3n) is 4.49. The van der Waals surface area contributed by atoms with E-state index in [0.717, 1.165) is 18.7 Å². The van der Waals surface area contributed by atoms with Crippen molar-refractivity contribution in [2.45, 2.75) is 18.0 Å². The summed E-state index contributed by atoms with van der Waals surface area (Å²) in [6.07, 6.45) is 1.66. The first kappa shape index (κ1) is 22.0. The Morgan fingerprint density at radius 1 is 1.10 bits per heavy atom. The van der Waals surface area contributed by atoms with E-state index in [1.807, 2.05) is 29.8 Å². The smallest absolute Gasteiger partial charge is 0.234 e. The summed E-state index contributed by atoms with van der Waals surface area (Å²) in [6, 6.07) is 13.5. The number of anilines is 1. The van der Waals surface area contributed by atoms with Crippen molar-refractivity contribution in [2.24, 2.45) is 7.05 Å². The van der Waals surface area contributed by atoms with Crippen LogP contribution in [-0.4, -0.2) is 40.6 Å². The van der Waals surface area contributed by atoms with Gasteiger partial charge in [-0.25, -0.2) is 0 Å². The molecule has 9 heteroatoms. The van der Waals surface area contributed by atoms with Crippen LogP contribution < -0.4 is 14.8 Å². The van der Waals surface area contributed by atoms with Crippen LogP contribution in [-0.2, 0) is 24.7 Å². The van der Waals surface area contributed by atoms with E-state index in [1.54, 1.807) is 12.1 Å². The number of thioether (sulfide) groups is 1. The molecule has 158 valence electrons. The third-order valence-corrected chi connectivity index (χ3v) is 5.80. The van der Waals surface area contributed by atoms with Crippen molar-refractivity contribution < 1.29 is 14.3 Å². The summed E-state index contributed by atoms with van der Waals surface area (Å²) in [4.78, 5) is 12.4. The van der Waals surface area contributed by atoms with Crippen molar-refractivity contribution in [1.29, 1.82) is 0 Å². The largest absolute Gasteiger partial charge is 0.495 e. The fourth-order valence-corrected chi connectivity index (χ4v) is 3.82. The Morgan fingerprint density at radius 2 is 1.83 bits per heavy atom. The molecule has 1 amide bonds. The highest BCUT2D eigenvalue weighted by Gasteiger charge is 2.15. The molecule has 1 heterocycles. The Balaban J connectivity index is 1.58. The maximum Gasteiger partial charge on any atom is 0.234 e. The number of halogens is 1. The highest BCUT2D eigenvalue weighted by molar-refractivity contribution is 7.99. The number of carbonyl (C=O) groups excluding carboxylic acids is 1. The van der Waals surface area contributed by atoms with Gasteiger partial charge in [0.1, 0.15) is 17.3 Å². The summed E-state index contributed by atoms with van der Waals surface area (Å²) in [5.41, 5.74) is 1.74. The predicted octanol–water partition coefficient (Wildman–Crippen LogP) is 4.00. The Bertz CT molecular complexity index is 1010. The average molecular weight is 447 g/mol. The molecule has 7 nitrogen and oxygen atoms in total. The van der Waals surface area contributed by atoms with Crippen LogP contribution in [0.25, 0.3) is 0 Å². The average Bonchev–Trinajstić information content (AvgIpc) is 3.11. The molecule has 1 N–H and O–H groups in total. The maximum absolute atomic E-state index is 12.4. The number of methoxy groups -OCH3 is 2. The van der Waals surface area contributed by atoms with E-state index in [4.69, 9.17) is 21.1 Å². The fraction of sp³-hybridized carbons (Fsp3) is 0.286. The van der Waals surface area contributed by atoms with E-state index in [9.17, 15) is 4.79 Å². The van der Waals surface area contributed by atoms with Crippen LogP contribution in [0.2, 0.25) is 5.02 Å². The van der Waals surface area contributed by atoms with E-state index < -0.39 is 0 Å². The summed E-state index contributed by atoms with van der Waals surface area (Å²) >= 11 is 7.43. The summed E-state index contributed by atoms with van der Waals surface area (Å²) in [6.45, 7) is 0. The van der Waals surface area contributed by atoms with Crippen molar-refractivity contribution in [3.63, 3.8) is 0 Å². The van der Waals surface area contributed by atoms with Crippen LogP contribution >= 0.6 is 23.4 Å². The van der Waals surface area contributed by atoms with E-state index in [0.29, 0.717) is 27.4 Å². The maximum atomic E-state index is 12.4. The molecule has 30 heavy (non-hydrogen) atoms. The van der Waals surface area contributed by atoms with Crippen LogP contribution in [0.4, 0.5) is 5.69 Å². The van der Waals surface area contributed by atoms with Gasteiger partial charge < -0.3 is 19.4 Å². The molecule has 0 unspecified atom stereocenters. The molecule has 0 spiro atoms. The number of aromatic nitrogens is 3. The minimum Gasteiger partial charge on any atom is -0.495 e. The predicted molar refractivity (Wildman–Crippen MR) is 119 cm³/mol. The molecule has 2 aromatic carbocycles. The highest BCUT2D eigenvalue weighted by Crippen LogP contribution is 2.36. The molecule has 0 aliphatic rings. The molecule has 3 rings (SSSR count). The first-order chi connectivity index (χ1) is 14.5. The summed E-state index contributed by atoms with van der Waals surface area (Å²) in [5.74, 6) is 1.78. The molecule has 0 aliphatic carbocycles. The van der Waals surface area contributed by atoms with Crippen LogP contribution in [0.3, 0.4) is 0 Å². The second kappa shape index (κ2) is 10.4. The van der Waals surface area contributed by atoms with Gasteiger partial charge in [-0.3, -0.25) is 4.79 Å². The number of nitrogens with one attached hydrogen (secondary N) is 1. The number of carbonyl (C=O) groups is 1. The molecule has 0 radical (unpaired) electrons. The van der Waals surface area contributed by atoms with Crippen LogP contribution in [0, 0.1) is 0 Å². The Kier molecular flexibility index (Phi) is 7.59. The number of hydrogen-bond acceptors (Lipinski definition) is 6. The molecular formula is C21H23ClN4O3S. The fourth-order valence-electron chi connectivity index (χ4n) is 2.86. The van der Waals surface area contributed by atoms with E-state index in [1.165, 1.54) is 31.5 Å². The summed E-state index contributed by atoms with van der Waals surface area (Å²) < 4.78 is 12.4. The number of rotatable bonds is 9. The van der Waals surface area contributed by atoms with Crippen molar-refractivity contribution in [3.05, 3.63) is 58.9 Å². The van der Waals surface area contributed by atoms with Crippen LogP contribution in [0.1, 0.15) is 11.4 Å². The summed E-state index contributed by atoms with van der Waals surface area (Å²) in [7, 11) is 4.94. The van der Waals surface area contributed by atoms with E-state index in [-0.39, 0.29) is 11.7 Å². The lowest BCUT2D eigenvalue weighted by molar-refractivity contribution is -0.113. The molecular weight excluding hydrogens is 424 g/mol. The van der Waals surface area contributed by atoms with Crippen LogP contribution in [0.15, 0.2) is 47.6 Å². The minimum absolute atomic E-state index is 0.179. The Morgan fingerprint density at radius 3 is 2.53 bits per heavy atom. The van der Waals surface area contributed by atoms with Crippen molar-refractivity contribution >= 4 is 35.0 Å². The zero-order chi connectivity index (χ0) is 21.5. The van der Waals surface area contributed by atoms with Crippen LogP contribution in [0.5, 0.6) is 11.5 Å². The SMILES string of the molecule is COc1cc(NC(=O)CSc2nnc(CCc3ccccc3)n2C)c(OC)cc1Cl. The number of nitrogens with zero attached hydrogens (tertiary/aromatic N) is 3. The quantitative estimate of drug-likeness (QED) is 0.500. The number of amides is 1. The molecule has 0 aliphatic heterocycles. The van der Waals surface area contributed by atoms with Gasteiger partial charge in [-0.15, -0.1) is 10.2 Å². The summed E-state index contributed by atoms with van der Waals surface area (Å²) in [5, 5.41) is 12.4. The van der Waals surface area contributed by atoms with Gasteiger partial charge >= 0.3 is 0 Å².